The molecule has 0 radical (unpaired) electrons. The first-order chi connectivity index (χ1) is 6.79. The molecule has 1 aliphatic heterocycles. The van der Waals surface area contributed by atoms with Gasteiger partial charge < -0.3 is 15.4 Å². The Hall–Kier alpha value is -1.43. The van der Waals surface area contributed by atoms with Gasteiger partial charge in [-0.1, -0.05) is 5.10 Å². The Labute approximate surface area is 81.1 Å². The van der Waals surface area contributed by atoms with E-state index in [0.717, 1.165) is 25.9 Å². The average Bonchev–Trinajstić information content (AvgIpc) is 2.67. The highest BCUT2D eigenvalue weighted by Crippen LogP contribution is 2.23. The monoisotopic (exact) mass is 196 g/mol. The molecule has 0 bridgehead atoms. The Bertz CT molecular complexity index is 330. The van der Waals surface area contributed by atoms with Crippen molar-refractivity contribution in [3.63, 3.8) is 0 Å². The largest absolute Gasteiger partial charge is 0.358 e. The second-order valence-corrected chi connectivity index (χ2v) is 3.37. The minimum absolute atomic E-state index is 0.0944. The molecule has 1 aromatic heterocycles. The predicted molar refractivity (Wildman–Crippen MR) is 50.0 cm³/mol. The number of nitrogens with zero attached hydrogens (tertiary/aromatic N) is 3. The molecule has 14 heavy (non-hydrogen) atoms. The van der Waals surface area contributed by atoms with Gasteiger partial charge in [-0.25, -0.2) is 0 Å². The topological polar surface area (TPSA) is 73.0 Å². The minimum Gasteiger partial charge on any atom is -0.358 e. The van der Waals surface area contributed by atoms with Gasteiger partial charge >= 0.3 is 5.82 Å². The first kappa shape index (κ1) is 9.14. The molecule has 0 unspecified atom stereocenters. The van der Waals surface area contributed by atoms with Crippen LogP contribution < -0.4 is 5.32 Å². The number of nitrogens with one attached hydrogen (secondary N) is 1. The van der Waals surface area contributed by atoms with Crippen LogP contribution in [0, 0.1) is 10.1 Å². The third kappa shape index (κ3) is 1.60. The fraction of sp³-hybridized carbons (Fsp3) is 0.625. The van der Waals surface area contributed by atoms with Crippen molar-refractivity contribution >= 4 is 5.82 Å². The molecule has 1 fully saturated rings. The summed E-state index contributed by atoms with van der Waals surface area (Å²) in [6, 6.07) is 1.62. The van der Waals surface area contributed by atoms with Crippen LogP contribution in [-0.4, -0.2) is 27.8 Å². The summed E-state index contributed by atoms with van der Waals surface area (Å²) >= 11 is 0. The van der Waals surface area contributed by atoms with Crippen LogP contribution in [-0.2, 0) is 0 Å². The van der Waals surface area contributed by atoms with Crippen LogP contribution in [0.1, 0.15) is 18.9 Å². The van der Waals surface area contributed by atoms with Crippen molar-refractivity contribution in [2.45, 2.75) is 18.9 Å². The van der Waals surface area contributed by atoms with Gasteiger partial charge in [0.2, 0.25) is 0 Å². The van der Waals surface area contributed by atoms with Gasteiger partial charge in [0.05, 0.1) is 12.3 Å². The van der Waals surface area contributed by atoms with E-state index in [4.69, 9.17) is 0 Å². The Kier molecular flexibility index (Phi) is 2.45. The second-order valence-electron chi connectivity index (χ2n) is 3.37. The standard InChI is InChI=1S/C8H12N4O2/c13-12(14)8-3-6-10-11(8)7-1-4-9-5-2-7/h3,6-7,9H,1-2,4-5H2. The molecule has 1 saturated heterocycles. The molecule has 0 aliphatic carbocycles. The normalized spacial score (nSPS) is 18.3. The van der Waals surface area contributed by atoms with Crippen molar-refractivity contribution in [3.05, 3.63) is 22.4 Å². The third-order valence-corrected chi connectivity index (χ3v) is 2.49. The SMILES string of the molecule is O=[N+]([O-])c1ccnn1C1CCNCC1. The van der Waals surface area contributed by atoms with Gasteiger partial charge in [-0.3, -0.25) is 0 Å². The lowest BCUT2D eigenvalue weighted by Gasteiger charge is -2.19. The van der Waals surface area contributed by atoms with Crippen LogP contribution in [0.25, 0.3) is 0 Å². The van der Waals surface area contributed by atoms with E-state index in [1.807, 2.05) is 0 Å². The minimum atomic E-state index is -0.380. The molecule has 1 aromatic rings. The molecule has 2 heterocycles. The number of hydrogen-bond acceptors (Lipinski definition) is 4. The fourth-order valence-electron chi connectivity index (χ4n) is 1.78. The quantitative estimate of drug-likeness (QED) is 0.558. The molecule has 1 N–H and O–H groups in total. The molecule has 1 aliphatic rings. The van der Waals surface area contributed by atoms with E-state index < -0.39 is 0 Å². The molecule has 6 heteroatoms. The molecular weight excluding hydrogens is 184 g/mol. The molecule has 0 spiro atoms. The smallest absolute Gasteiger partial charge is 0.345 e. The van der Waals surface area contributed by atoms with Gasteiger partial charge in [-0.15, -0.1) is 4.68 Å². The van der Waals surface area contributed by atoms with Crippen molar-refractivity contribution in [2.24, 2.45) is 0 Å². The summed E-state index contributed by atoms with van der Waals surface area (Å²) in [6.45, 7) is 1.81. The maximum absolute atomic E-state index is 10.7. The van der Waals surface area contributed by atoms with Gasteiger partial charge in [-0.2, -0.15) is 0 Å². The van der Waals surface area contributed by atoms with Gasteiger partial charge in [0, 0.05) is 12.8 Å². The molecule has 0 aromatic carbocycles. The Morgan fingerprint density at radius 2 is 2.29 bits per heavy atom. The fourth-order valence-corrected chi connectivity index (χ4v) is 1.78. The maximum Gasteiger partial charge on any atom is 0.345 e. The molecule has 0 amide bonds. The lowest BCUT2D eigenvalue weighted by molar-refractivity contribution is -0.393. The van der Waals surface area contributed by atoms with Crippen LogP contribution in [0.4, 0.5) is 5.82 Å². The predicted octanol–water partition coefficient (Wildman–Crippen LogP) is 0.716. The van der Waals surface area contributed by atoms with Gasteiger partial charge in [0.15, 0.2) is 0 Å². The molecular formula is C8H12N4O2. The van der Waals surface area contributed by atoms with E-state index in [-0.39, 0.29) is 16.8 Å². The highest BCUT2D eigenvalue weighted by Gasteiger charge is 2.25. The Balaban J connectivity index is 2.21. The second kappa shape index (κ2) is 3.75. The van der Waals surface area contributed by atoms with Gasteiger partial charge in [0.25, 0.3) is 0 Å². The third-order valence-electron chi connectivity index (χ3n) is 2.49. The molecule has 76 valence electrons. The van der Waals surface area contributed by atoms with Crippen molar-refractivity contribution in [2.75, 3.05) is 13.1 Å². The number of aromatic nitrogens is 2. The van der Waals surface area contributed by atoms with Crippen LogP contribution >= 0.6 is 0 Å². The number of rotatable bonds is 2. The van der Waals surface area contributed by atoms with Crippen LogP contribution in [0.15, 0.2) is 12.3 Å². The Morgan fingerprint density at radius 1 is 1.57 bits per heavy atom. The number of hydrogen-bond donors (Lipinski definition) is 1. The Morgan fingerprint density at radius 3 is 2.93 bits per heavy atom. The summed E-state index contributed by atoms with van der Waals surface area (Å²) in [6.07, 6.45) is 3.30. The zero-order chi connectivity index (χ0) is 9.97. The summed E-state index contributed by atoms with van der Waals surface area (Å²) in [5.41, 5.74) is 0. The molecule has 0 saturated carbocycles. The summed E-state index contributed by atoms with van der Waals surface area (Å²) < 4.78 is 1.53. The zero-order valence-corrected chi connectivity index (χ0v) is 7.72. The van der Waals surface area contributed by atoms with Crippen LogP contribution in [0.3, 0.4) is 0 Å². The van der Waals surface area contributed by atoms with Crippen LogP contribution in [0.2, 0.25) is 0 Å². The molecule has 2 rings (SSSR count). The molecule has 0 atom stereocenters. The van der Waals surface area contributed by atoms with E-state index in [0.29, 0.717) is 0 Å². The van der Waals surface area contributed by atoms with E-state index in [9.17, 15) is 10.1 Å². The highest BCUT2D eigenvalue weighted by molar-refractivity contribution is 5.17. The molecule has 6 nitrogen and oxygen atoms in total. The van der Waals surface area contributed by atoms with E-state index in [1.165, 1.54) is 16.9 Å². The number of piperidine rings is 1. The lowest BCUT2D eigenvalue weighted by atomic mass is 10.1. The van der Waals surface area contributed by atoms with Crippen molar-refractivity contribution in [3.8, 4) is 0 Å². The van der Waals surface area contributed by atoms with E-state index in [1.54, 1.807) is 0 Å². The first-order valence-electron chi connectivity index (χ1n) is 4.67. The van der Waals surface area contributed by atoms with Crippen LogP contribution in [0.5, 0.6) is 0 Å². The van der Waals surface area contributed by atoms with Crippen molar-refractivity contribution < 1.29 is 4.92 Å². The van der Waals surface area contributed by atoms with E-state index >= 15 is 0 Å². The summed E-state index contributed by atoms with van der Waals surface area (Å²) in [5.74, 6) is 0.0944. The lowest BCUT2D eigenvalue weighted by Crippen LogP contribution is -2.30. The summed E-state index contributed by atoms with van der Waals surface area (Å²) in [5, 5.41) is 17.9. The van der Waals surface area contributed by atoms with Crippen molar-refractivity contribution in [1.29, 1.82) is 0 Å². The first-order valence-corrected chi connectivity index (χ1v) is 4.67. The maximum atomic E-state index is 10.7. The van der Waals surface area contributed by atoms with Gasteiger partial charge in [0.1, 0.15) is 6.04 Å². The highest BCUT2D eigenvalue weighted by atomic mass is 16.6. The zero-order valence-electron chi connectivity index (χ0n) is 7.72. The van der Waals surface area contributed by atoms with Gasteiger partial charge in [-0.05, 0) is 18.0 Å². The number of nitro groups is 1. The average molecular weight is 196 g/mol. The van der Waals surface area contributed by atoms with Crippen molar-refractivity contribution in [1.82, 2.24) is 15.1 Å². The van der Waals surface area contributed by atoms with E-state index in [2.05, 4.69) is 10.4 Å². The summed E-state index contributed by atoms with van der Waals surface area (Å²) in [4.78, 5) is 10.3. The summed E-state index contributed by atoms with van der Waals surface area (Å²) in [7, 11) is 0.